The van der Waals surface area contributed by atoms with Crippen molar-refractivity contribution in [1.82, 2.24) is 4.98 Å². The van der Waals surface area contributed by atoms with E-state index in [0.717, 1.165) is 0 Å². The molecule has 0 unspecified atom stereocenters. The summed E-state index contributed by atoms with van der Waals surface area (Å²) >= 11 is 5.82. The lowest BCUT2D eigenvalue weighted by atomic mass is 10.2. The van der Waals surface area contributed by atoms with E-state index in [4.69, 9.17) is 16.3 Å². The zero-order chi connectivity index (χ0) is 19.8. The van der Waals surface area contributed by atoms with E-state index >= 15 is 0 Å². The van der Waals surface area contributed by atoms with Crippen LogP contribution in [0.4, 0.5) is 11.5 Å². The maximum Gasteiger partial charge on any atom is 0.256 e. The molecule has 142 valence electrons. The fraction of sp³-hybridized carbons (Fsp3) is 0.0952. The lowest BCUT2D eigenvalue weighted by Crippen LogP contribution is -2.16. The molecular weight excluding hydrogens is 378 g/mol. The first kappa shape index (κ1) is 19.4. The first-order chi connectivity index (χ1) is 13.6. The first-order valence-corrected chi connectivity index (χ1v) is 8.98. The van der Waals surface area contributed by atoms with Crippen LogP contribution < -0.4 is 15.4 Å². The Morgan fingerprint density at radius 3 is 2.54 bits per heavy atom. The zero-order valence-corrected chi connectivity index (χ0v) is 15.6. The van der Waals surface area contributed by atoms with Gasteiger partial charge in [0, 0.05) is 22.5 Å². The summed E-state index contributed by atoms with van der Waals surface area (Å²) in [4.78, 5) is 28.5. The van der Waals surface area contributed by atoms with Gasteiger partial charge in [-0.15, -0.1) is 0 Å². The monoisotopic (exact) mass is 395 g/mol. The lowest BCUT2D eigenvalue weighted by molar-refractivity contribution is -0.116. The van der Waals surface area contributed by atoms with E-state index in [1.165, 1.54) is 0 Å². The van der Waals surface area contributed by atoms with E-state index in [-0.39, 0.29) is 24.8 Å². The van der Waals surface area contributed by atoms with Gasteiger partial charge in [0.05, 0.1) is 13.0 Å². The summed E-state index contributed by atoms with van der Waals surface area (Å²) in [6.45, 7) is 0.229. The van der Waals surface area contributed by atoms with Crippen molar-refractivity contribution in [2.45, 2.75) is 6.42 Å². The summed E-state index contributed by atoms with van der Waals surface area (Å²) in [7, 11) is 0. The van der Waals surface area contributed by atoms with Gasteiger partial charge in [0.1, 0.15) is 11.6 Å². The third-order valence-corrected chi connectivity index (χ3v) is 3.98. The number of ether oxygens (including phenoxy) is 1. The minimum Gasteiger partial charge on any atom is -0.493 e. The molecule has 0 radical (unpaired) electrons. The van der Waals surface area contributed by atoms with Crippen molar-refractivity contribution in [1.29, 1.82) is 0 Å². The maximum absolute atomic E-state index is 12.3. The number of amides is 2. The highest BCUT2D eigenvalue weighted by atomic mass is 35.5. The standard InChI is InChI=1S/C21H18ClN3O3/c22-16-7-9-18(10-8-16)28-13-11-20(26)24-17-5-3-4-15(14-17)21(27)25-19-6-1-2-12-23-19/h1-10,12,14H,11,13H2,(H,24,26)(H,23,25,27). The molecule has 0 aliphatic carbocycles. The molecule has 0 saturated carbocycles. The number of carbonyl (C=O) groups is 2. The van der Waals surface area contributed by atoms with Crippen molar-refractivity contribution in [3.05, 3.63) is 83.5 Å². The van der Waals surface area contributed by atoms with Crippen molar-refractivity contribution < 1.29 is 14.3 Å². The molecule has 0 aliphatic heterocycles. The molecular formula is C21H18ClN3O3. The van der Waals surface area contributed by atoms with Crippen LogP contribution in [-0.4, -0.2) is 23.4 Å². The fourth-order valence-corrected chi connectivity index (χ4v) is 2.51. The summed E-state index contributed by atoms with van der Waals surface area (Å²) in [5.41, 5.74) is 0.950. The first-order valence-electron chi connectivity index (χ1n) is 8.61. The predicted molar refractivity (Wildman–Crippen MR) is 109 cm³/mol. The zero-order valence-electron chi connectivity index (χ0n) is 14.9. The molecule has 0 bridgehead atoms. The topological polar surface area (TPSA) is 80.3 Å². The van der Waals surface area contributed by atoms with Gasteiger partial charge in [-0.2, -0.15) is 0 Å². The Balaban J connectivity index is 1.51. The number of hydrogen-bond acceptors (Lipinski definition) is 4. The van der Waals surface area contributed by atoms with Crippen LogP contribution in [0.25, 0.3) is 0 Å². The molecule has 7 heteroatoms. The summed E-state index contributed by atoms with van der Waals surface area (Å²) in [5.74, 6) is 0.587. The van der Waals surface area contributed by atoms with E-state index < -0.39 is 0 Å². The molecule has 0 aliphatic rings. The highest BCUT2D eigenvalue weighted by Crippen LogP contribution is 2.16. The Morgan fingerprint density at radius 2 is 1.79 bits per heavy atom. The second-order valence-electron chi connectivity index (χ2n) is 5.85. The van der Waals surface area contributed by atoms with Crippen LogP contribution >= 0.6 is 11.6 Å². The number of aromatic nitrogens is 1. The quantitative estimate of drug-likeness (QED) is 0.621. The molecule has 28 heavy (non-hydrogen) atoms. The van der Waals surface area contributed by atoms with E-state index in [0.29, 0.717) is 27.8 Å². The average molecular weight is 396 g/mol. The van der Waals surface area contributed by atoms with Gasteiger partial charge in [0.15, 0.2) is 0 Å². The van der Waals surface area contributed by atoms with Crippen LogP contribution in [0.3, 0.4) is 0 Å². The van der Waals surface area contributed by atoms with Gasteiger partial charge in [0.2, 0.25) is 5.91 Å². The Hall–Kier alpha value is -3.38. The van der Waals surface area contributed by atoms with Crippen LogP contribution in [0, 0.1) is 0 Å². The van der Waals surface area contributed by atoms with Gasteiger partial charge in [0.25, 0.3) is 5.91 Å². The van der Waals surface area contributed by atoms with Crippen molar-refractivity contribution in [3.63, 3.8) is 0 Å². The van der Waals surface area contributed by atoms with Gasteiger partial charge in [-0.3, -0.25) is 9.59 Å². The van der Waals surface area contributed by atoms with Crippen LogP contribution in [0.15, 0.2) is 72.9 Å². The minimum atomic E-state index is -0.305. The molecule has 1 aromatic heterocycles. The number of rotatable bonds is 7. The summed E-state index contributed by atoms with van der Waals surface area (Å²) in [6, 6.07) is 18.9. The minimum absolute atomic E-state index is 0.174. The number of hydrogen-bond donors (Lipinski definition) is 2. The Labute approximate surface area is 167 Å². The molecule has 2 amide bonds. The second kappa shape index (κ2) is 9.53. The number of benzene rings is 2. The van der Waals surface area contributed by atoms with Crippen molar-refractivity contribution in [3.8, 4) is 5.75 Å². The van der Waals surface area contributed by atoms with E-state index in [1.807, 2.05) is 0 Å². The highest BCUT2D eigenvalue weighted by Gasteiger charge is 2.09. The van der Waals surface area contributed by atoms with Crippen LogP contribution in [0.5, 0.6) is 5.75 Å². The number of pyridine rings is 1. The number of anilines is 2. The van der Waals surface area contributed by atoms with Gasteiger partial charge >= 0.3 is 0 Å². The van der Waals surface area contributed by atoms with Crippen molar-refractivity contribution in [2.75, 3.05) is 17.2 Å². The van der Waals surface area contributed by atoms with Crippen molar-refractivity contribution in [2.24, 2.45) is 0 Å². The third kappa shape index (κ3) is 5.82. The Bertz CT molecular complexity index is 947. The van der Waals surface area contributed by atoms with Gasteiger partial charge in [-0.25, -0.2) is 4.98 Å². The van der Waals surface area contributed by atoms with Gasteiger partial charge < -0.3 is 15.4 Å². The van der Waals surface area contributed by atoms with Crippen LogP contribution in [-0.2, 0) is 4.79 Å². The molecule has 2 N–H and O–H groups in total. The smallest absolute Gasteiger partial charge is 0.256 e. The van der Waals surface area contributed by atoms with Crippen molar-refractivity contribution >= 4 is 34.9 Å². The Morgan fingerprint density at radius 1 is 0.964 bits per heavy atom. The normalized spacial score (nSPS) is 10.2. The summed E-state index contributed by atoms with van der Waals surface area (Å²) in [6.07, 6.45) is 1.77. The molecule has 3 rings (SSSR count). The van der Waals surface area contributed by atoms with E-state index in [9.17, 15) is 9.59 Å². The lowest BCUT2D eigenvalue weighted by Gasteiger charge is -2.09. The molecule has 6 nitrogen and oxygen atoms in total. The largest absolute Gasteiger partial charge is 0.493 e. The maximum atomic E-state index is 12.3. The number of halogens is 1. The number of carbonyl (C=O) groups excluding carboxylic acids is 2. The predicted octanol–water partition coefficient (Wildman–Crippen LogP) is 4.39. The molecule has 2 aromatic carbocycles. The third-order valence-electron chi connectivity index (χ3n) is 3.73. The molecule has 0 fully saturated rings. The summed E-state index contributed by atoms with van der Waals surface area (Å²) < 4.78 is 5.51. The fourth-order valence-electron chi connectivity index (χ4n) is 2.38. The van der Waals surface area contributed by atoms with Crippen LogP contribution in [0.2, 0.25) is 5.02 Å². The van der Waals surface area contributed by atoms with E-state index in [2.05, 4.69) is 15.6 Å². The SMILES string of the molecule is O=C(CCOc1ccc(Cl)cc1)Nc1cccc(C(=O)Nc2ccccn2)c1. The van der Waals surface area contributed by atoms with Crippen LogP contribution in [0.1, 0.15) is 16.8 Å². The van der Waals surface area contributed by atoms with E-state index in [1.54, 1.807) is 72.9 Å². The summed E-state index contributed by atoms with van der Waals surface area (Å²) in [5, 5.41) is 6.09. The van der Waals surface area contributed by atoms with Gasteiger partial charge in [-0.05, 0) is 54.6 Å². The highest BCUT2D eigenvalue weighted by molar-refractivity contribution is 6.30. The Kier molecular flexibility index (Phi) is 6.59. The van der Waals surface area contributed by atoms with Gasteiger partial charge in [-0.1, -0.05) is 23.7 Å². The molecule has 0 spiro atoms. The number of nitrogens with one attached hydrogen (secondary N) is 2. The second-order valence-corrected chi connectivity index (χ2v) is 6.29. The molecule has 1 heterocycles. The molecule has 0 atom stereocenters. The molecule has 3 aromatic rings. The number of nitrogens with zero attached hydrogens (tertiary/aromatic N) is 1. The molecule has 0 saturated heterocycles. The average Bonchev–Trinajstić information content (AvgIpc) is 2.70.